The van der Waals surface area contributed by atoms with Gasteiger partial charge in [-0.2, -0.15) is 0 Å². The molecule has 6 aromatic carbocycles. The summed E-state index contributed by atoms with van der Waals surface area (Å²) in [5, 5.41) is 0. The molecule has 0 aliphatic heterocycles. The van der Waals surface area contributed by atoms with Gasteiger partial charge < -0.3 is 4.90 Å². The minimum atomic E-state index is -0.199. The third-order valence-electron chi connectivity index (χ3n) is 15.2. The molecule has 0 heterocycles. The van der Waals surface area contributed by atoms with Crippen LogP contribution in [0.4, 0.5) is 17.1 Å². The van der Waals surface area contributed by atoms with E-state index in [0.717, 1.165) is 17.8 Å². The Morgan fingerprint density at radius 1 is 0.500 bits per heavy atom. The van der Waals surface area contributed by atoms with Crippen molar-refractivity contribution in [2.45, 2.75) is 101 Å². The molecule has 0 unspecified atom stereocenters. The molecule has 12 rings (SSSR count). The van der Waals surface area contributed by atoms with Crippen molar-refractivity contribution in [3.05, 3.63) is 162 Å². The maximum absolute atomic E-state index is 2.59. The summed E-state index contributed by atoms with van der Waals surface area (Å²) in [6.45, 7) is 4.90. The first kappa shape index (κ1) is 34.4. The summed E-state index contributed by atoms with van der Waals surface area (Å²) in [4.78, 5) is 2.59. The second-order valence-electron chi connectivity index (χ2n) is 19.0. The predicted molar refractivity (Wildman–Crippen MR) is 235 cm³/mol. The highest BCUT2D eigenvalue weighted by Gasteiger charge is 2.51. The van der Waals surface area contributed by atoms with Crippen LogP contribution in [-0.2, 0) is 10.8 Å². The molecule has 0 radical (unpaired) electrons. The van der Waals surface area contributed by atoms with Crippen molar-refractivity contribution in [2.24, 2.45) is 17.8 Å². The molecule has 0 N–H and O–H groups in total. The number of hydrogen-bond donors (Lipinski definition) is 0. The standard InChI is InChI=1S/C55H55N/c1-54(2)49-20-12-19-47(42-15-8-4-9-16-42)52(49)48-29-30-50(51(53(48)54)43-17-10-5-11-18-43)56(45-25-21-41(22-26-45)40-13-6-3-7-14-40)46-27-23-44(24-28-46)55-34-37-31-38(35-55)33-39(32-37)36-55/h4-5,8-12,15-30,37-40H,3,6-7,13-14,31-36H2,1-2H3. The van der Waals surface area contributed by atoms with Crippen LogP contribution in [0.5, 0.6) is 0 Å². The van der Waals surface area contributed by atoms with Gasteiger partial charge in [0, 0.05) is 22.4 Å². The lowest BCUT2D eigenvalue weighted by atomic mass is 9.48. The van der Waals surface area contributed by atoms with Crippen LogP contribution in [0.25, 0.3) is 33.4 Å². The van der Waals surface area contributed by atoms with Gasteiger partial charge in [-0.25, -0.2) is 0 Å². The minimum absolute atomic E-state index is 0.199. The van der Waals surface area contributed by atoms with Crippen molar-refractivity contribution >= 4 is 17.1 Å². The van der Waals surface area contributed by atoms with E-state index in [9.17, 15) is 0 Å². The molecule has 280 valence electrons. The van der Waals surface area contributed by atoms with Crippen LogP contribution in [-0.4, -0.2) is 0 Å². The van der Waals surface area contributed by atoms with E-state index in [-0.39, 0.29) is 5.41 Å². The summed E-state index contributed by atoms with van der Waals surface area (Å²) < 4.78 is 0. The van der Waals surface area contributed by atoms with Gasteiger partial charge in [0.2, 0.25) is 0 Å². The number of rotatable bonds is 7. The van der Waals surface area contributed by atoms with Gasteiger partial charge in [-0.05, 0) is 161 Å². The second kappa shape index (κ2) is 13.4. The third-order valence-corrected chi connectivity index (χ3v) is 15.2. The molecule has 6 aliphatic carbocycles. The first-order valence-corrected chi connectivity index (χ1v) is 21.9. The van der Waals surface area contributed by atoms with Gasteiger partial charge in [-0.15, -0.1) is 0 Å². The molecule has 56 heavy (non-hydrogen) atoms. The quantitative estimate of drug-likeness (QED) is 0.158. The molecular weight excluding hydrogens is 675 g/mol. The van der Waals surface area contributed by atoms with E-state index < -0.39 is 0 Å². The molecule has 0 amide bonds. The molecule has 0 atom stereocenters. The van der Waals surface area contributed by atoms with Gasteiger partial charge in [0.15, 0.2) is 0 Å². The summed E-state index contributed by atoms with van der Waals surface area (Å²) in [6, 6.07) is 53.8. The number of anilines is 3. The fourth-order valence-corrected chi connectivity index (χ4v) is 13.1. The Kier molecular flexibility index (Phi) is 8.20. The second-order valence-corrected chi connectivity index (χ2v) is 19.0. The molecule has 5 saturated carbocycles. The van der Waals surface area contributed by atoms with Gasteiger partial charge in [0.05, 0.1) is 5.69 Å². The van der Waals surface area contributed by atoms with Gasteiger partial charge in [-0.1, -0.05) is 142 Å². The van der Waals surface area contributed by atoms with E-state index in [1.54, 1.807) is 5.56 Å². The molecule has 4 bridgehead atoms. The van der Waals surface area contributed by atoms with E-state index in [4.69, 9.17) is 0 Å². The van der Waals surface area contributed by atoms with E-state index in [2.05, 4.69) is 158 Å². The lowest BCUT2D eigenvalue weighted by molar-refractivity contribution is -0.00518. The highest BCUT2D eigenvalue weighted by Crippen LogP contribution is 2.62. The Morgan fingerprint density at radius 3 is 1.71 bits per heavy atom. The van der Waals surface area contributed by atoms with Gasteiger partial charge in [0.1, 0.15) is 0 Å². The van der Waals surface area contributed by atoms with Crippen LogP contribution >= 0.6 is 0 Å². The lowest BCUT2D eigenvalue weighted by Gasteiger charge is -2.57. The fourth-order valence-electron chi connectivity index (χ4n) is 13.1. The third kappa shape index (κ3) is 5.55. The van der Waals surface area contributed by atoms with E-state index in [1.165, 1.54) is 138 Å². The van der Waals surface area contributed by atoms with Crippen molar-refractivity contribution in [1.29, 1.82) is 0 Å². The summed E-state index contributed by atoms with van der Waals surface area (Å²) in [7, 11) is 0. The van der Waals surface area contributed by atoms with Crippen LogP contribution in [0.3, 0.4) is 0 Å². The zero-order chi connectivity index (χ0) is 37.4. The van der Waals surface area contributed by atoms with E-state index >= 15 is 0 Å². The molecule has 6 aromatic rings. The molecule has 1 nitrogen and oxygen atoms in total. The van der Waals surface area contributed by atoms with Crippen molar-refractivity contribution in [1.82, 2.24) is 0 Å². The Hall–Kier alpha value is -4.88. The van der Waals surface area contributed by atoms with Crippen LogP contribution in [0.15, 0.2) is 140 Å². The number of fused-ring (bicyclic) bond motifs is 3. The average Bonchev–Trinajstić information content (AvgIpc) is 3.48. The molecule has 0 saturated heterocycles. The Balaban J connectivity index is 1.10. The molecule has 0 spiro atoms. The van der Waals surface area contributed by atoms with Crippen LogP contribution in [0.2, 0.25) is 0 Å². The highest BCUT2D eigenvalue weighted by atomic mass is 15.1. The summed E-state index contributed by atoms with van der Waals surface area (Å²) in [5.74, 6) is 3.50. The zero-order valence-corrected chi connectivity index (χ0v) is 33.3. The molecule has 0 aromatic heterocycles. The smallest absolute Gasteiger partial charge is 0.0543 e. The van der Waals surface area contributed by atoms with Gasteiger partial charge in [0.25, 0.3) is 0 Å². The first-order chi connectivity index (χ1) is 27.4. The van der Waals surface area contributed by atoms with Crippen LogP contribution in [0.1, 0.15) is 113 Å². The number of hydrogen-bond acceptors (Lipinski definition) is 1. The largest absolute Gasteiger partial charge is 0.310 e. The minimum Gasteiger partial charge on any atom is -0.310 e. The maximum Gasteiger partial charge on any atom is 0.0543 e. The lowest BCUT2D eigenvalue weighted by Crippen LogP contribution is -2.48. The Bertz CT molecular complexity index is 2340. The topological polar surface area (TPSA) is 3.24 Å². The SMILES string of the molecule is CC1(C)c2cccc(-c3ccccc3)c2-c2ccc(N(c3ccc(C4CCCCC4)cc3)c3ccc(C45CC6CC(CC(C6)C4)C5)cc3)c(-c3ccccc3)c21. The van der Waals surface area contributed by atoms with Gasteiger partial charge in [-0.3, -0.25) is 0 Å². The highest BCUT2D eigenvalue weighted by molar-refractivity contribution is 6.01. The van der Waals surface area contributed by atoms with Gasteiger partial charge >= 0.3 is 0 Å². The average molecular weight is 730 g/mol. The molecule has 6 aliphatic rings. The van der Waals surface area contributed by atoms with Crippen LogP contribution < -0.4 is 4.90 Å². The fraction of sp³-hybridized carbons (Fsp3) is 0.345. The number of nitrogens with zero attached hydrogens (tertiary/aromatic N) is 1. The number of benzene rings is 6. The molecule has 1 heteroatoms. The van der Waals surface area contributed by atoms with E-state index in [1.807, 2.05) is 0 Å². The predicted octanol–water partition coefficient (Wildman–Crippen LogP) is 15.3. The summed E-state index contributed by atoms with van der Waals surface area (Å²) in [6.07, 6.45) is 15.4. The monoisotopic (exact) mass is 729 g/mol. The van der Waals surface area contributed by atoms with Crippen molar-refractivity contribution in [3.8, 4) is 33.4 Å². The zero-order valence-electron chi connectivity index (χ0n) is 33.3. The van der Waals surface area contributed by atoms with E-state index in [0.29, 0.717) is 11.3 Å². The van der Waals surface area contributed by atoms with Crippen molar-refractivity contribution < 1.29 is 0 Å². The Morgan fingerprint density at radius 2 is 1.09 bits per heavy atom. The molecular formula is C55H55N. The Labute approximate surface area is 334 Å². The summed E-state index contributed by atoms with van der Waals surface area (Å²) in [5.41, 5.74) is 17.8. The first-order valence-electron chi connectivity index (χ1n) is 21.9. The summed E-state index contributed by atoms with van der Waals surface area (Å²) >= 11 is 0. The van der Waals surface area contributed by atoms with Crippen LogP contribution in [0, 0.1) is 17.8 Å². The normalized spacial score (nSPS) is 24.5. The van der Waals surface area contributed by atoms with Crippen molar-refractivity contribution in [2.75, 3.05) is 4.90 Å². The molecule has 5 fully saturated rings. The van der Waals surface area contributed by atoms with Crippen molar-refractivity contribution in [3.63, 3.8) is 0 Å². The maximum atomic E-state index is 2.59.